The average Bonchev–Trinajstić information content (AvgIpc) is 2.96. The fourth-order valence-corrected chi connectivity index (χ4v) is 4.03. The van der Waals surface area contributed by atoms with Gasteiger partial charge in [-0.15, -0.1) is 11.3 Å². The number of hydrogen-bond acceptors (Lipinski definition) is 5. The van der Waals surface area contributed by atoms with Gasteiger partial charge in [0.15, 0.2) is 20.5 Å². The molecule has 2 aromatic heterocycles. The lowest BCUT2D eigenvalue weighted by molar-refractivity contribution is 0.0691. The molecule has 0 aliphatic carbocycles. The molecule has 3 aromatic rings. The van der Waals surface area contributed by atoms with Crippen molar-refractivity contribution in [2.75, 3.05) is 6.26 Å². The summed E-state index contributed by atoms with van der Waals surface area (Å²) >= 11 is 7.20. The Hall–Kier alpha value is -1.90. The van der Waals surface area contributed by atoms with Gasteiger partial charge in [0.1, 0.15) is 0 Å². The molecule has 0 radical (unpaired) electrons. The number of aromatic nitrogens is 2. The van der Waals surface area contributed by atoms with Crippen molar-refractivity contribution in [3.05, 3.63) is 40.5 Å². The summed E-state index contributed by atoms with van der Waals surface area (Å²) in [5.41, 5.74) is 0.842. The van der Waals surface area contributed by atoms with E-state index in [1.165, 1.54) is 29.7 Å². The lowest BCUT2D eigenvalue weighted by Crippen LogP contribution is -2.01. The molecule has 0 amide bonds. The minimum Gasteiger partial charge on any atom is -0.476 e. The molecule has 9 heteroatoms. The first-order valence-corrected chi connectivity index (χ1v) is 9.12. The van der Waals surface area contributed by atoms with E-state index in [4.69, 9.17) is 16.7 Å². The lowest BCUT2D eigenvalue weighted by Gasteiger charge is -2.07. The van der Waals surface area contributed by atoms with Gasteiger partial charge in [-0.3, -0.25) is 4.40 Å². The Morgan fingerprint density at radius 1 is 1.41 bits per heavy atom. The van der Waals surface area contributed by atoms with Gasteiger partial charge in [-0.05, 0) is 18.2 Å². The Bertz CT molecular complexity index is 1000. The monoisotopic (exact) mass is 356 g/mol. The number of nitrogens with zero attached hydrogens (tertiary/aromatic N) is 2. The third kappa shape index (κ3) is 2.49. The number of thiazole rings is 1. The molecule has 0 bridgehead atoms. The van der Waals surface area contributed by atoms with Crippen LogP contribution in [0.5, 0.6) is 0 Å². The van der Waals surface area contributed by atoms with E-state index in [0.29, 0.717) is 21.2 Å². The van der Waals surface area contributed by atoms with E-state index in [1.807, 2.05) is 0 Å². The molecular formula is C13H9ClN2O4S2. The van der Waals surface area contributed by atoms with E-state index >= 15 is 0 Å². The zero-order chi connectivity index (χ0) is 16.1. The highest BCUT2D eigenvalue weighted by atomic mass is 35.5. The molecule has 0 spiro atoms. The Morgan fingerprint density at radius 3 is 2.77 bits per heavy atom. The number of halogens is 1. The third-order valence-electron chi connectivity index (χ3n) is 3.05. The summed E-state index contributed by atoms with van der Waals surface area (Å²) in [4.78, 5) is 15.6. The molecule has 0 unspecified atom stereocenters. The number of sulfone groups is 1. The molecule has 0 saturated heterocycles. The zero-order valence-corrected chi connectivity index (χ0v) is 13.5. The average molecular weight is 357 g/mol. The topological polar surface area (TPSA) is 88.7 Å². The summed E-state index contributed by atoms with van der Waals surface area (Å²) in [7, 11) is -3.46. The standard InChI is InChI=1S/C13H9ClN2O4S2/c1-22(19,20)11-3-2-7(14)4-8(11)10-6-21-13-15-9(12(17)18)5-16(10)13/h2-6H,1H3,(H,17,18). The lowest BCUT2D eigenvalue weighted by atomic mass is 10.2. The molecule has 6 nitrogen and oxygen atoms in total. The number of benzene rings is 1. The highest BCUT2D eigenvalue weighted by molar-refractivity contribution is 7.90. The third-order valence-corrected chi connectivity index (χ3v) is 5.28. The van der Waals surface area contributed by atoms with Crippen molar-refractivity contribution >= 4 is 43.7 Å². The maximum atomic E-state index is 12.0. The van der Waals surface area contributed by atoms with E-state index in [2.05, 4.69) is 4.98 Å². The van der Waals surface area contributed by atoms with Gasteiger partial charge < -0.3 is 5.11 Å². The van der Waals surface area contributed by atoms with E-state index in [1.54, 1.807) is 15.8 Å². The number of imidazole rings is 1. The fourth-order valence-electron chi connectivity index (χ4n) is 2.11. The second-order valence-electron chi connectivity index (χ2n) is 4.62. The van der Waals surface area contributed by atoms with Gasteiger partial charge in [0.05, 0.1) is 10.6 Å². The summed E-state index contributed by atoms with van der Waals surface area (Å²) in [6.45, 7) is 0. The predicted molar refractivity (Wildman–Crippen MR) is 83.6 cm³/mol. The highest BCUT2D eigenvalue weighted by Crippen LogP contribution is 2.33. The molecule has 3 rings (SSSR count). The smallest absolute Gasteiger partial charge is 0.356 e. The van der Waals surface area contributed by atoms with Gasteiger partial charge in [0.2, 0.25) is 0 Å². The Kier molecular flexibility index (Phi) is 3.47. The maximum Gasteiger partial charge on any atom is 0.356 e. The summed E-state index contributed by atoms with van der Waals surface area (Å²) in [5.74, 6) is -1.14. The Balaban J connectivity index is 2.32. The van der Waals surface area contributed by atoms with Crippen molar-refractivity contribution in [1.29, 1.82) is 0 Å². The van der Waals surface area contributed by atoms with Gasteiger partial charge in [0, 0.05) is 28.4 Å². The number of fused-ring (bicyclic) bond motifs is 1. The number of carbonyl (C=O) groups is 1. The molecular weight excluding hydrogens is 348 g/mol. The van der Waals surface area contributed by atoms with Gasteiger partial charge >= 0.3 is 5.97 Å². The first kappa shape index (κ1) is 15.0. The van der Waals surface area contributed by atoms with E-state index < -0.39 is 15.8 Å². The van der Waals surface area contributed by atoms with Crippen LogP contribution in [-0.2, 0) is 9.84 Å². The van der Waals surface area contributed by atoms with E-state index in [9.17, 15) is 13.2 Å². The van der Waals surface area contributed by atoms with Crippen LogP contribution in [0.4, 0.5) is 0 Å². The second-order valence-corrected chi connectivity index (χ2v) is 7.87. The summed E-state index contributed by atoms with van der Waals surface area (Å²) in [5, 5.41) is 11.1. The number of hydrogen-bond donors (Lipinski definition) is 1. The molecule has 0 saturated carbocycles. The Labute approximate surface area is 134 Å². The van der Waals surface area contributed by atoms with Crippen LogP contribution in [0.2, 0.25) is 5.02 Å². The van der Waals surface area contributed by atoms with Crippen molar-refractivity contribution in [2.45, 2.75) is 4.90 Å². The molecule has 1 N–H and O–H groups in total. The summed E-state index contributed by atoms with van der Waals surface area (Å²) in [6.07, 6.45) is 2.47. The maximum absolute atomic E-state index is 12.0. The predicted octanol–water partition coefficient (Wildman–Crippen LogP) is 2.82. The van der Waals surface area contributed by atoms with Gasteiger partial charge in [-0.25, -0.2) is 18.2 Å². The van der Waals surface area contributed by atoms with E-state index in [-0.39, 0.29) is 10.6 Å². The zero-order valence-electron chi connectivity index (χ0n) is 11.1. The first-order chi connectivity index (χ1) is 10.3. The minimum absolute atomic E-state index is 0.101. The van der Waals surface area contributed by atoms with Gasteiger partial charge in [-0.1, -0.05) is 11.6 Å². The molecule has 114 valence electrons. The van der Waals surface area contributed by atoms with Gasteiger partial charge in [-0.2, -0.15) is 0 Å². The minimum atomic E-state index is -3.46. The van der Waals surface area contributed by atoms with Crippen LogP contribution < -0.4 is 0 Å². The van der Waals surface area contributed by atoms with Crippen LogP contribution in [0.15, 0.2) is 34.7 Å². The Morgan fingerprint density at radius 2 is 2.14 bits per heavy atom. The van der Waals surface area contributed by atoms with Crippen molar-refractivity contribution in [3.63, 3.8) is 0 Å². The van der Waals surface area contributed by atoms with Crippen LogP contribution in [0, 0.1) is 0 Å². The molecule has 0 aliphatic rings. The number of aromatic carboxylic acids is 1. The molecule has 0 aliphatic heterocycles. The summed E-state index contributed by atoms with van der Waals surface area (Å²) in [6, 6.07) is 4.48. The van der Waals surface area contributed by atoms with Crippen LogP contribution in [-0.4, -0.2) is 35.1 Å². The van der Waals surface area contributed by atoms with E-state index in [0.717, 1.165) is 6.26 Å². The first-order valence-electron chi connectivity index (χ1n) is 5.97. The molecule has 0 atom stereocenters. The van der Waals surface area contributed by atoms with Crippen molar-refractivity contribution < 1.29 is 18.3 Å². The summed E-state index contributed by atoms with van der Waals surface area (Å²) < 4.78 is 25.5. The highest BCUT2D eigenvalue weighted by Gasteiger charge is 2.20. The van der Waals surface area contributed by atoms with Crippen molar-refractivity contribution in [3.8, 4) is 11.3 Å². The van der Waals surface area contributed by atoms with Crippen molar-refractivity contribution in [2.24, 2.45) is 0 Å². The molecule has 0 fully saturated rings. The molecule has 2 heterocycles. The van der Waals surface area contributed by atoms with Crippen LogP contribution in [0.3, 0.4) is 0 Å². The fraction of sp³-hybridized carbons (Fsp3) is 0.0769. The van der Waals surface area contributed by atoms with Gasteiger partial charge in [0.25, 0.3) is 0 Å². The molecule has 1 aromatic carbocycles. The number of carboxylic acid groups (broad SMARTS) is 1. The number of rotatable bonds is 3. The second kappa shape index (κ2) is 5.08. The SMILES string of the molecule is CS(=O)(=O)c1ccc(Cl)cc1-c1csc2nc(C(=O)O)cn12. The largest absolute Gasteiger partial charge is 0.476 e. The van der Waals surface area contributed by atoms with Crippen molar-refractivity contribution in [1.82, 2.24) is 9.38 Å². The van der Waals surface area contributed by atoms with Crippen LogP contribution in [0.25, 0.3) is 16.2 Å². The van der Waals surface area contributed by atoms with Crippen LogP contribution in [0.1, 0.15) is 10.5 Å². The van der Waals surface area contributed by atoms with Crippen LogP contribution >= 0.6 is 22.9 Å². The quantitative estimate of drug-likeness (QED) is 0.779. The number of carboxylic acids is 1. The molecule has 22 heavy (non-hydrogen) atoms. The normalized spacial score (nSPS) is 11.9.